The van der Waals surface area contributed by atoms with Crippen LogP contribution in [0.25, 0.3) is 0 Å². The minimum atomic E-state index is -0.939. The van der Waals surface area contributed by atoms with Gasteiger partial charge in [-0.1, -0.05) is 43.1 Å². The smallest absolute Gasteiger partial charge is 0.262 e. The lowest BCUT2D eigenvalue weighted by Crippen LogP contribution is -2.49. The van der Waals surface area contributed by atoms with Gasteiger partial charge >= 0.3 is 0 Å². The highest BCUT2D eigenvalue weighted by molar-refractivity contribution is 6.35. The van der Waals surface area contributed by atoms with E-state index in [2.05, 4.69) is 15.8 Å². The van der Waals surface area contributed by atoms with Gasteiger partial charge in [-0.05, 0) is 49.6 Å². The first-order valence-electron chi connectivity index (χ1n) is 11.3. The van der Waals surface area contributed by atoms with E-state index in [1.165, 1.54) is 19.4 Å². The molecule has 4 N–H and O–H groups in total. The van der Waals surface area contributed by atoms with E-state index in [-0.39, 0.29) is 29.0 Å². The van der Waals surface area contributed by atoms with Crippen LogP contribution in [0, 0.1) is 5.92 Å². The molecule has 0 heterocycles. The molecule has 12 heteroatoms. The van der Waals surface area contributed by atoms with Crippen LogP contribution in [0.15, 0.2) is 41.5 Å². The molecule has 2 atom stereocenters. The first-order valence-corrected chi connectivity index (χ1v) is 12.1. The molecule has 0 spiro atoms. The zero-order valence-electron chi connectivity index (χ0n) is 20.9. The van der Waals surface area contributed by atoms with Gasteiger partial charge in [0, 0.05) is 10.6 Å². The Kier molecular flexibility index (Phi) is 11.5. The summed E-state index contributed by atoms with van der Waals surface area (Å²) in [7, 11) is 1.44. The second kappa shape index (κ2) is 14.3. The Bertz CT molecular complexity index is 1140. The van der Waals surface area contributed by atoms with E-state index in [0.29, 0.717) is 22.8 Å². The predicted octanol–water partition coefficient (Wildman–Crippen LogP) is 3.31. The van der Waals surface area contributed by atoms with E-state index >= 15 is 0 Å². The van der Waals surface area contributed by atoms with Crippen molar-refractivity contribution < 1.29 is 28.6 Å². The topological polar surface area (TPSA) is 141 Å². The van der Waals surface area contributed by atoms with E-state index in [1.54, 1.807) is 37.3 Å². The van der Waals surface area contributed by atoms with Gasteiger partial charge in [0.2, 0.25) is 0 Å². The van der Waals surface area contributed by atoms with Crippen molar-refractivity contribution in [1.29, 1.82) is 0 Å². The third-order valence-corrected chi connectivity index (χ3v) is 5.40. The second-order valence-electron chi connectivity index (χ2n) is 8.39. The van der Waals surface area contributed by atoms with E-state index < -0.39 is 29.9 Å². The summed E-state index contributed by atoms with van der Waals surface area (Å²) in [6, 6.07) is 8.75. The molecule has 37 heavy (non-hydrogen) atoms. The number of methoxy groups -OCH3 is 1. The number of amides is 3. The molecule has 10 nitrogen and oxygen atoms in total. The minimum absolute atomic E-state index is 0.0918. The van der Waals surface area contributed by atoms with Gasteiger partial charge in [-0.25, -0.2) is 5.43 Å². The van der Waals surface area contributed by atoms with Crippen LogP contribution >= 0.6 is 23.2 Å². The number of primary amides is 1. The predicted molar refractivity (Wildman–Crippen MR) is 141 cm³/mol. The summed E-state index contributed by atoms with van der Waals surface area (Å²) in [6.07, 6.45) is 0.749. The molecule has 0 aromatic heterocycles. The summed E-state index contributed by atoms with van der Waals surface area (Å²) in [5.74, 6) is -0.726. The number of rotatable bonds is 13. The van der Waals surface area contributed by atoms with Gasteiger partial charge in [0.1, 0.15) is 11.8 Å². The first-order chi connectivity index (χ1) is 17.5. The molecule has 0 bridgehead atoms. The fraction of sp³-hybridized carbons (Fsp3) is 0.360. The molecule has 0 saturated carbocycles. The number of hydrogen-bond donors (Lipinski definition) is 3. The van der Waals surface area contributed by atoms with Crippen molar-refractivity contribution in [2.24, 2.45) is 16.8 Å². The van der Waals surface area contributed by atoms with Gasteiger partial charge in [0.05, 0.1) is 18.3 Å². The number of benzene rings is 2. The maximum absolute atomic E-state index is 12.9. The number of halogens is 2. The molecular weight excluding hydrogens is 523 g/mol. The van der Waals surface area contributed by atoms with E-state index in [0.717, 1.165) is 0 Å². The normalized spacial score (nSPS) is 12.6. The van der Waals surface area contributed by atoms with Crippen LogP contribution in [-0.2, 0) is 14.4 Å². The molecule has 0 aliphatic carbocycles. The zero-order chi connectivity index (χ0) is 27.5. The van der Waals surface area contributed by atoms with Crippen LogP contribution in [0.2, 0.25) is 10.0 Å². The quantitative estimate of drug-likeness (QED) is 0.257. The van der Waals surface area contributed by atoms with Gasteiger partial charge in [-0.3, -0.25) is 14.4 Å². The highest BCUT2D eigenvalue weighted by atomic mass is 35.5. The minimum Gasteiger partial charge on any atom is -0.493 e. The standard InChI is InChI=1S/C25H30Cl2N4O6/c1-14(2)10-19(30-24(33)15(3)37-20-9-8-17(26)11-18(20)27)25(34)31-29-12-16-6-5-7-21(35-4)23(16)36-13-22(28)32/h5-9,11-12,14-15,19H,10,13H2,1-4H3,(H2,28,32)(H,30,33)(H,31,34)/b29-12-/t15-,19+/m1/s1. The summed E-state index contributed by atoms with van der Waals surface area (Å²) in [5, 5.41) is 7.37. The van der Waals surface area contributed by atoms with Crippen molar-refractivity contribution in [3.63, 3.8) is 0 Å². The first kappa shape index (κ1) is 29.7. The summed E-state index contributed by atoms with van der Waals surface area (Å²) in [4.78, 5) is 36.8. The maximum Gasteiger partial charge on any atom is 0.262 e. The van der Waals surface area contributed by atoms with Gasteiger partial charge < -0.3 is 25.3 Å². The lowest BCUT2D eigenvalue weighted by molar-refractivity contribution is -0.132. The van der Waals surface area contributed by atoms with Crippen LogP contribution in [0.4, 0.5) is 0 Å². The fourth-order valence-corrected chi connectivity index (χ4v) is 3.60. The molecule has 2 aromatic carbocycles. The number of carbonyl (C=O) groups is 3. The molecule has 0 aliphatic heterocycles. The molecule has 2 aromatic rings. The van der Waals surface area contributed by atoms with Crippen molar-refractivity contribution in [1.82, 2.24) is 10.7 Å². The number of nitrogens with one attached hydrogen (secondary N) is 2. The van der Waals surface area contributed by atoms with Gasteiger partial charge in [0.15, 0.2) is 24.2 Å². The molecular formula is C25H30Cl2N4O6. The molecule has 0 aliphatic rings. The fourth-order valence-electron chi connectivity index (χ4n) is 3.14. The lowest BCUT2D eigenvalue weighted by Gasteiger charge is -2.22. The summed E-state index contributed by atoms with van der Waals surface area (Å²) >= 11 is 12.0. The number of ether oxygens (including phenoxy) is 3. The Labute approximate surface area is 225 Å². The van der Waals surface area contributed by atoms with Crippen molar-refractivity contribution in [2.75, 3.05) is 13.7 Å². The molecule has 200 valence electrons. The summed E-state index contributed by atoms with van der Waals surface area (Å²) < 4.78 is 16.3. The third kappa shape index (κ3) is 9.47. The molecule has 0 unspecified atom stereocenters. The maximum atomic E-state index is 12.9. The van der Waals surface area contributed by atoms with Crippen LogP contribution in [0.1, 0.15) is 32.8 Å². The number of nitrogens with two attached hydrogens (primary N) is 1. The summed E-state index contributed by atoms with van der Waals surface area (Å²) in [6.45, 7) is 5.01. The Balaban J connectivity index is 2.09. The average Bonchev–Trinajstić information content (AvgIpc) is 2.83. The van der Waals surface area contributed by atoms with Crippen molar-refractivity contribution in [3.8, 4) is 17.2 Å². The van der Waals surface area contributed by atoms with Crippen LogP contribution in [0.5, 0.6) is 17.2 Å². The number of nitrogens with zero attached hydrogens (tertiary/aromatic N) is 1. The van der Waals surface area contributed by atoms with Gasteiger partial charge in [0.25, 0.3) is 17.7 Å². The Morgan fingerprint density at radius 2 is 1.81 bits per heavy atom. The van der Waals surface area contributed by atoms with E-state index in [4.69, 9.17) is 43.1 Å². The van der Waals surface area contributed by atoms with Crippen LogP contribution in [0.3, 0.4) is 0 Å². The van der Waals surface area contributed by atoms with Gasteiger partial charge in [-0.15, -0.1) is 0 Å². The Morgan fingerprint density at radius 3 is 2.43 bits per heavy atom. The van der Waals surface area contributed by atoms with E-state index in [9.17, 15) is 14.4 Å². The molecule has 0 saturated heterocycles. The van der Waals surface area contributed by atoms with Crippen molar-refractivity contribution in [3.05, 3.63) is 52.0 Å². The highest BCUT2D eigenvalue weighted by Gasteiger charge is 2.25. The van der Waals surface area contributed by atoms with Gasteiger partial charge in [-0.2, -0.15) is 5.10 Å². The van der Waals surface area contributed by atoms with Crippen molar-refractivity contribution in [2.45, 2.75) is 39.3 Å². The average molecular weight is 553 g/mol. The molecule has 0 fully saturated rings. The van der Waals surface area contributed by atoms with Crippen LogP contribution in [-0.4, -0.2) is 49.8 Å². The van der Waals surface area contributed by atoms with E-state index in [1.807, 2.05) is 13.8 Å². The van der Waals surface area contributed by atoms with Crippen molar-refractivity contribution >= 4 is 47.1 Å². The summed E-state index contributed by atoms with van der Waals surface area (Å²) in [5.41, 5.74) is 8.03. The molecule has 2 rings (SSSR count). The van der Waals surface area contributed by atoms with Crippen LogP contribution < -0.4 is 30.7 Å². The largest absolute Gasteiger partial charge is 0.493 e. The number of hydrazone groups is 1. The number of para-hydroxylation sites is 1. The second-order valence-corrected chi connectivity index (χ2v) is 9.24. The monoisotopic (exact) mass is 552 g/mol. The Morgan fingerprint density at radius 1 is 1.08 bits per heavy atom. The third-order valence-electron chi connectivity index (χ3n) is 4.87. The highest BCUT2D eigenvalue weighted by Crippen LogP contribution is 2.30. The zero-order valence-corrected chi connectivity index (χ0v) is 22.4. The molecule has 3 amide bonds. The SMILES string of the molecule is COc1cccc(/C=N\NC(=O)[C@H](CC(C)C)NC(=O)[C@@H](C)Oc2ccc(Cl)cc2Cl)c1OCC(N)=O. The number of carbonyl (C=O) groups excluding carboxylic acids is 3. The lowest BCUT2D eigenvalue weighted by atomic mass is 10.0. The number of hydrogen-bond acceptors (Lipinski definition) is 7. The molecule has 0 radical (unpaired) electrons. The Hall–Kier alpha value is -3.50.